The number of thioether (sulfide) groups is 1. The quantitative estimate of drug-likeness (QED) is 0.623. The standard InChI is InChI=1S/C22H16ClN3OS/c23-17-8-9-24-18-7-6-13(10-16(17)18)11-20-21(27)26-22(28-20)25-19-12-15(19)14-4-2-1-3-5-14/h1-11,15,19H,12H2,(H,25,26,27)/b20-11-/t15-,19+/m0/s1. The summed E-state index contributed by atoms with van der Waals surface area (Å²) in [6.45, 7) is 0. The molecule has 28 heavy (non-hydrogen) atoms. The molecule has 1 saturated heterocycles. The molecule has 2 aliphatic rings. The van der Waals surface area contributed by atoms with Gasteiger partial charge >= 0.3 is 0 Å². The number of aliphatic imine (C=N–C) groups is 1. The second kappa shape index (κ2) is 7.08. The Bertz CT molecular complexity index is 1140. The van der Waals surface area contributed by atoms with E-state index in [1.807, 2.05) is 30.3 Å². The molecule has 1 amide bonds. The third-order valence-electron chi connectivity index (χ3n) is 4.93. The first kappa shape index (κ1) is 17.5. The fourth-order valence-corrected chi connectivity index (χ4v) is 4.48. The average molecular weight is 406 g/mol. The number of benzene rings is 2. The first-order valence-corrected chi connectivity index (χ1v) is 10.2. The lowest BCUT2D eigenvalue weighted by Crippen LogP contribution is -2.20. The maximum absolute atomic E-state index is 12.4. The van der Waals surface area contributed by atoms with E-state index in [1.165, 1.54) is 17.3 Å². The van der Waals surface area contributed by atoms with Crippen LogP contribution in [0.5, 0.6) is 0 Å². The first-order chi connectivity index (χ1) is 13.7. The monoisotopic (exact) mass is 405 g/mol. The molecule has 1 aliphatic carbocycles. The number of carbonyl (C=O) groups excluding carboxylic acids is 1. The van der Waals surface area contributed by atoms with E-state index in [9.17, 15) is 4.79 Å². The SMILES string of the molecule is O=C1NC(=N[C@@H]2C[C@H]2c2ccccc2)S/C1=C\c1ccc2nccc(Cl)c2c1. The highest BCUT2D eigenvalue weighted by Gasteiger charge is 2.39. The summed E-state index contributed by atoms with van der Waals surface area (Å²) in [5.41, 5.74) is 3.06. The number of nitrogens with zero attached hydrogens (tertiary/aromatic N) is 2. The number of amidine groups is 1. The van der Waals surface area contributed by atoms with Gasteiger partial charge in [0, 0.05) is 17.5 Å². The Hall–Kier alpha value is -2.63. The lowest BCUT2D eigenvalue weighted by molar-refractivity contribution is -0.115. The zero-order valence-electron chi connectivity index (χ0n) is 14.8. The molecule has 1 saturated carbocycles. The molecule has 0 unspecified atom stereocenters. The predicted octanol–water partition coefficient (Wildman–Crippen LogP) is 5.00. The zero-order valence-corrected chi connectivity index (χ0v) is 16.4. The smallest absolute Gasteiger partial charge is 0.264 e. The highest BCUT2D eigenvalue weighted by atomic mass is 35.5. The summed E-state index contributed by atoms with van der Waals surface area (Å²) < 4.78 is 0. The minimum absolute atomic E-state index is 0.113. The van der Waals surface area contributed by atoms with E-state index in [4.69, 9.17) is 16.6 Å². The summed E-state index contributed by atoms with van der Waals surface area (Å²) in [5, 5.41) is 5.09. The number of hydrogen-bond donors (Lipinski definition) is 1. The lowest BCUT2D eigenvalue weighted by Gasteiger charge is -2.01. The van der Waals surface area contributed by atoms with E-state index < -0.39 is 0 Å². The molecule has 6 heteroatoms. The van der Waals surface area contributed by atoms with E-state index in [2.05, 4.69) is 34.6 Å². The van der Waals surface area contributed by atoms with E-state index in [-0.39, 0.29) is 11.9 Å². The predicted molar refractivity (Wildman–Crippen MR) is 115 cm³/mol. The summed E-state index contributed by atoms with van der Waals surface area (Å²) in [6.07, 6.45) is 4.58. The van der Waals surface area contributed by atoms with Gasteiger partial charge in [-0.1, -0.05) is 48.0 Å². The van der Waals surface area contributed by atoms with Gasteiger partial charge in [0.15, 0.2) is 5.17 Å². The van der Waals surface area contributed by atoms with Crippen LogP contribution < -0.4 is 5.32 Å². The topological polar surface area (TPSA) is 54.4 Å². The van der Waals surface area contributed by atoms with Crippen LogP contribution in [-0.4, -0.2) is 22.1 Å². The summed E-state index contributed by atoms with van der Waals surface area (Å²) >= 11 is 7.65. The Morgan fingerprint density at radius 3 is 2.89 bits per heavy atom. The van der Waals surface area contributed by atoms with Crippen molar-refractivity contribution in [3.63, 3.8) is 0 Å². The lowest BCUT2D eigenvalue weighted by atomic mass is 10.1. The summed E-state index contributed by atoms with van der Waals surface area (Å²) in [6, 6.07) is 18.2. The maximum Gasteiger partial charge on any atom is 0.264 e. The molecule has 2 aromatic carbocycles. The molecule has 2 atom stereocenters. The van der Waals surface area contributed by atoms with Gasteiger partial charge in [-0.15, -0.1) is 0 Å². The highest BCUT2D eigenvalue weighted by Crippen LogP contribution is 2.44. The second-order valence-electron chi connectivity index (χ2n) is 6.89. The van der Waals surface area contributed by atoms with Crippen molar-refractivity contribution < 1.29 is 4.79 Å². The number of amides is 1. The van der Waals surface area contributed by atoms with E-state index in [0.717, 1.165) is 22.9 Å². The number of hydrogen-bond acceptors (Lipinski definition) is 4. The number of aromatic nitrogens is 1. The van der Waals surface area contributed by atoms with Gasteiger partial charge < -0.3 is 5.32 Å². The molecule has 1 aromatic heterocycles. The number of nitrogens with one attached hydrogen (secondary N) is 1. The van der Waals surface area contributed by atoms with Gasteiger partial charge in [-0.3, -0.25) is 14.8 Å². The van der Waals surface area contributed by atoms with Crippen LogP contribution in [0.25, 0.3) is 17.0 Å². The fourth-order valence-electron chi connectivity index (χ4n) is 3.39. The number of halogens is 1. The molecule has 2 heterocycles. The van der Waals surface area contributed by atoms with E-state index in [1.54, 1.807) is 12.3 Å². The molecule has 4 nitrogen and oxygen atoms in total. The number of carbonyl (C=O) groups is 1. The molecule has 0 radical (unpaired) electrons. The number of fused-ring (bicyclic) bond motifs is 1. The van der Waals surface area contributed by atoms with Crippen molar-refractivity contribution in [2.24, 2.45) is 4.99 Å². The molecule has 1 N–H and O–H groups in total. The van der Waals surface area contributed by atoms with Gasteiger partial charge in [-0.2, -0.15) is 0 Å². The fraction of sp³-hybridized carbons (Fsp3) is 0.136. The van der Waals surface area contributed by atoms with Crippen LogP contribution in [0.2, 0.25) is 5.02 Å². The number of rotatable bonds is 3. The molecule has 3 aromatic rings. The molecule has 5 rings (SSSR count). The number of pyridine rings is 1. The third kappa shape index (κ3) is 3.43. The van der Waals surface area contributed by atoms with Crippen LogP contribution in [-0.2, 0) is 4.79 Å². The molecule has 1 aliphatic heterocycles. The molecule has 0 spiro atoms. The van der Waals surface area contributed by atoms with Crippen molar-refractivity contribution in [2.45, 2.75) is 18.4 Å². The zero-order chi connectivity index (χ0) is 19.1. The van der Waals surface area contributed by atoms with Crippen LogP contribution >= 0.6 is 23.4 Å². The molecule has 2 fully saturated rings. The van der Waals surface area contributed by atoms with Crippen molar-refractivity contribution in [3.8, 4) is 0 Å². The maximum atomic E-state index is 12.4. The van der Waals surface area contributed by atoms with Gasteiger partial charge in [0.2, 0.25) is 0 Å². The summed E-state index contributed by atoms with van der Waals surface area (Å²) in [5.74, 6) is 0.340. The van der Waals surface area contributed by atoms with Crippen molar-refractivity contribution >= 4 is 51.4 Å². The van der Waals surface area contributed by atoms with Gasteiger partial charge in [0.1, 0.15) is 0 Å². The second-order valence-corrected chi connectivity index (χ2v) is 8.33. The third-order valence-corrected chi connectivity index (χ3v) is 6.18. The van der Waals surface area contributed by atoms with Gasteiger partial charge in [-0.25, -0.2) is 0 Å². The molecular weight excluding hydrogens is 390 g/mol. The van der Waals surface area contributed by atoms with Crippen LogP contribution in [0.15, 0.2) is 70.7 Å². The minimum Gasteiger partial charge on any atom is -0.301 e. The first-order valence-electron chi connectivity index (χ1n) is 9.05. The van der Waals surface area contributed by atoms with Gasteiger partial charge in [0.25, 0.3) is 5.91 Å². The largest absolute Gasteiger partial charge is 0.301 e. The van der Waals surface area contributed by atoms with Gasteiger partial charge in [-0.05, 0) is 53.6 Å². The molecule has 0 bridgehead atoms. The Labute approximate surface area is 171 Å². The van der Waals surface area contributed by atoms with Crippen LogP contribution in [0.3, 0.4) is 0 Å². The Morgan fingerprint density at radius 2 is 2.04 bits per heavy atom. The van der Waals surface area contributed by atoms with Gasteiger partial charge in [0.05, 0.1) is 21.5 Å². The van der Waals surface area contributed by atoms with Crippen molar-refractivity contribution in [1.29, 1.82) is 0 Å². The highest BCUT2D eigenvalue weighted by molar-refractivity contribution is 8.18. The van der Waals surface area contributed by atoms with E-state index >= 15 is 0 Å². The van der Waals surface area contributed by atoms with Crippen molar-refractivity contribution in [1.82, 2.24) is 10.3 Å². The Morgan fingerprint density at radius 1 is 1.18 bits per heavy atom. The summed E-state index contributed by atoms with van der Waals surface area (Å²) in [7, 11) is 0. The molecular formula is C22H16ClN3OS. The minimum atomic E-state index is -0.113. The van der Waals surface area contributed by atoms with Crippen molar-refractivity contribution in [3.05, 3.63) is 81.8 Å². The van der Waals surface area contributed by atoms with E-state index in [0.29, 0.717) is 21.0 Å². The van der Waals surface area contributed by atoms with Crippen LogP contribution in [0, 0.1) is 0 Å². The molecule has 138 valence electrons. The normalized spacial score (nSPS) is 24.1. The average Bonchev–Trinajstić information content (AvgIpc) is 3.39. The summed E-state index contributed by atoms with van der Waals surface area (Å²) in [4.78, 5) is 22.0. The van der Waals surface area contributed by atoms with Crippen LogP contribution in [0.4, 0.5) is 0 Å². The van der Waals surface area contributed by atoms with Crippen molar-refractivity contribution in [2.75, 3.05) is 0 Å². The van der Waals surface area contributed by atoms with Crippen LogP contribution in [0.1, 0.15) is 23.5 Å². The Balaban J connectivity index is 1.35. The Kier molecular flexibility index (Phi) is 4.41.